The van der Waals surface area contributed by atoms with Crippen molar-refractivity contribution in [3.05, 3.63) is 38.1 Å². The average molecular weight is 348 g/mol. The molecule has 0 fully saturated rings. The lowest BCUT2D eigenvalue weighted by Gasteiger charge is -2.05. The van der Waals surface area contributed by atoms with Gasteiger partial charge < -0.3 is 10.1 Å². The van der Waals surface area contributed by atoms with Gasteiger partial charge in [-0.25, -0.2) is 4.98 Å². The number of nitrogens with one attached hydrogen (secondary N) is 1. The second-order valence-electron chi connectivity index (χ2n) is 3.51. The number of pyridine rings is 1. The van der Waals surface area contributed by atoms with Crippen molar-refractivity contribution < 1.29 is 4.74 Å². The monoisotopic (exact) mass is 346 g/mol. The summed E-state index contributed by atoms with van der Waals surface area (Å²) in [5, 5.41) is 3.28. The quantitative estimate of drug-likeness (QED) is 0.860. The largest absolute Gasteiger partial charge is 0.478 e. The van der Waals surface area contributed by atoms with Gasteiger partial charge in [-0.15, -0.1) is 11.3 Å². The molecule has 0 unspecified atom stereocenters. The summed E-state index contributed by atoms with van der Waals surface area (Å²) in [5.74, 6) is 0.643. The highest BCUT2D eigenvalue weighted by atomic mass is 79.9. The fraction of sp³-hybridized carbons (Fsp3) is 0.250. The van der Waals surface area contributed by atoms with Crippen LogP contribution >= 0.6 is 38.9 Å². The third-order valence-electron chi connectivity index (χ3n) is 2.19. The Morgan fingerprint density at radius 1 is 1.50 bits per heavy atom. The van der Waals surface area contributed by atoms with Crippen LogP contribution in [0.25, 0.3) is 0 Å². The second kappa shape index (κ2) is 6.41. The van der Waals surface area contributed by atoms with Crippen molar-refractivity contribution in [1.29, 1.82) is 0 Å². The Balaban J connectivity index is 1.93. The van der Waals surface area contributed by atoms with Gasteiger partial charge >= 0.3 is 0 Å². The Kier molecular flexibility index (Phi) is 4.86. The SMILES string of the molecule is CCOc1ccc(NCc2cc(Br)c(Cl)s2)cn1. The maximum absolute atomic E-state index is 5.98. The van der Waals surface area contributed by atoms with Gasteiger partial charge in [0.25, 0.3) is 0 Å². The fourth-order valence-electron chi connectivity index (χ4n) is 1.39. The fourth-order valence-corrected chi connectivity index (χ4v) is 3.12. The number of halogens is 2. The van der Waals surface area contributed by atoms with E-state index in [1.165, 1.54) is 4.88 Å². The first-order chi connectivity index (χ1) is 8.69. The molecule has 0 saturated carbocycles. The smallest absolute Gasteiger partial charge is 0.213 e. The lowest BCUT2D eigenvalue weighted by molar-refractivity contribution is 0.327. The minimum atomic E-state index is 0.626. The van der Waals surface area contributed by atoms with Gasteiger partial charge in [0.15, 0.2) is 0 Å². The molecule has 0 amide bonds. The predicted octanol–water partition coefficient (Wildman–Crippen LogP) is 4.57. The number of anilines is 1. The van der Waals surface area contributed by atoms with E-state index in [0.29, 0.717) is 12.5 Å². The summed E-state index contributed by atoms with van der Waals surface area (Å²) in [6, 6.07) is 5.81. The van der Waals surface area contributed by atoms with E-state index < -0.39 is 0 Å². The van der Waals surface area contributed by atoms with Crippen LogP contribution in [0, 0.1) is 0 Å². The molecule has 1 N–H and O–H groups in total. The average Bonchev–Trinajstić information content (AvgIpc) is 2.68. The predicted molar refractivity (Wildman–Crippen MR) is 79.8 cm³/mol. The van der Waals surface area contributed by atoms with Crippen molar-refractivity contribution in [2.24, 2.45) is 0 Å². The van der Waals surface area contributed by atoms with Gasteiger partial charge in [-0.3, -0.25) is 0 Å². The second-order valence-corrected chi connectivity index (χ2v) is 6.10. The van der Waals surface area contributed by atoms with Crippen molar-refractivity contribution in [2.45, 2.75) is 13.5 Å². The minimum Gasteiger partial charge on any atom is -0.478 e. The Bertz CT molecular complexity index is 496. The van der Waals surface area contributed by atoms with Crippen LogP contribution < -0.4 is 10.1 Å². The first kappa shape index (κ1) is 13.6. The normalized spacial score (nSPS) is 10.4. The number of rotatable bonds is 5. The third kappa shape index (κ3) is 3.60. The van der Waals surface area contributed by atoms with Crippen LogP contribution in [0.2, 0.25) is 4.34 Å². The molecule has 0 atom stereocenters. The van der Waals surface area contributed by atoms with Gasteiger partial charge in [-0.05, 0) is 35.0 Å². The Labute approximate surface area is 123 Å². The van der Waals surface area contributed by atoms with E-state index in [9.17, 15) is 0 Å². The van der Waals surface area contributed by atoms with Crippen molar-refractivity contribution in [3.63, 3.8) is 0 Å². The molecule has 0 spiro atoms. The van der Waals surface area contributed by atoms with Crippen molar-refractivity contribution in [2.75, 3.05) is 11.9 Å². The summed E-state index contributed by atoms with van der Waals surface area (Å²) in [5.41, 5.74) is 0.957. The van der Waals surface area contributed by atoms with Crippen LogP contribution in [0.4, 0.5) is 5.69 Å². The maximum Gasteiger partial charge on any atom is 0.213 e. The van der Waals surface area contributed by atoms with E-state index >= 15 is 0 Å². The molecule has 0 aliphatic heterocycles. The molecule has 2 heterocycles. The summed E-state index contributed by atoms with van der Waals surface area (Å²) in [6.45, 7) is 3.29. The number of hydrogen-bond acceptors (Lipinski definition) is 4. The summed E-state index contributed by atoms with van der Waals surface area (Å²) in [6.07, 6.45) is 1.76. The molecule has 0 radical (unpaired) electrons. The van der Waals surface area contributed by atoms with Gasteiger partial charge in [0.2, 0.25) is 5.88 Å². The zero-order chi connectivity index (χ0) is 13.0. The number of nitrogens with zero attached hydrogens (tertiary/aromatic N) is 1. The molecule has 2 aromatic heterocycles. The molecule has 0 aliphatic carbocycles. The molecule has 0 bridgehead atoms. The highest BCUT2D eigenvalue weighted by Gasteiger charge is 2.04. The Hall–Kier alpha value is -0.780. The third-order valence-corrected chi connectivity index (χ3v) is 4.67. The molecule has 0 aromatic carbocycles. The molecule has 2 rings (SSSR count). The summed E-state index contributed by atoms with van der Waals surface area (Å²) < 4.78 is 7.00. The van der Waals surface area contributed by atoms with Gasteiger partial charge in [-0.1, -0.05) is 11.6 Å². The summed E-state index contributed by atoms with van der Waals surface area (Å²) in [4.78, 5) is 5.35. The number of ether oxygens (including phenoxy) is 1. The highest BCUT2D eigenvalue weighted by Crippen LogP contribution is 2.32. The number of thiophene rings is 1. The Morgan fingerprint density at radius 2 is 2.33 bits per heavy atom. The topological polar surface area (TPSA) is 34.1 Å². The zero-order valence-electron chi connectivity index (χ0n) is 9.74. The lowest BCUT2D eigenvalue weighted by atomic mass is 10.4. The lowest BCUT2D eigenvalue weighted by Crippen LogP contribution is -1.99. The molecular formula is C12H12BrClN2OS. The molecule has 96 valence electrons. The molecule has 2 aromatic rings. The minimum absolute atomic E-state index is 0.626. The molecular weight excluding hydrogens is 336 g/mol. The van der Waals surface area contributed by atoms with E-state index in [2.05, 4.69) is 26.2 Å². The zero-order valence-corrected chi connectivity index (χ0v) is 12.9. The Morgan fingerprint density at radius 3 is 2.89 bits per heavy atom. The highest BCUT2D eigenvalue weighted by molar-refractivity contribution is 9.10. The van der Waals surface area contributed by atoms with Crippen LogP contribution in [-0.4, -0.2) is 11.6 Å². The molecule has 0 saturated heterocycles. The van der Waals surface area contributed by atoms with Crippen molar-refractivity contribution in [1.82, 2.24) is 4.98 Å². The first-order valence-electron chi connectivity index (χ1n) is 5.45. The van der Waals surface area contributed by atoms with E-state index in [1.807, 2.05) is 25.1 Å². The van der Waals surface area contributed by atoms with Crippen molar-refractivity contribution in [3.8, 4) is 5.88 Å². The molecule has 18 heavy (non-hydrogen) atoms. The van der Waals surface area contributed by atoms with E-state index in [1.54, 1.807) is 17.5 Å². The van der Waals surface area contributed by atoms with Crippen LogP contribution in [0.3, 0.4) is 0 Å². The van der Waals surface area contributed by atoms with E-state index in [4.69, 9.17) is 16.3 Å². The number of hydrogen-bond donors (Lipinski definition) is 1. The van der Waals surface area contributed by atoms with Gasteiger partial charge in [0.05, 0.1) is 18.5 Å². The molecule has 0 aliphatic rings. The van der Waals surface area contributed by atoms with Crippen molar-refractivity contribution >= 4 is 44.6 Å². The van der Waals surface area contributed by atoms with Gasteiger partial charge in [0, 0.05) is 22.0 Å². The van der Waals surface area contributed by atoms with Crippen LogP contribution in [0.5, 0.6) is 5.88 Å². The van der Waals surface area contributed by atoms with E-state index in [0.717, 1.165) is 21.0 Å². The van der Waals surface area contributed by atoms with Gasteiger partial charge in [0.1, 0.15) is 4.34 Å². The summed E-state index contributed by atoms with van der Waals surface area (Å²) >= 11 is 10.9. The molecule has 3 nitrogen and oxygen atoms in total. The van der Waals surface area contributed by atoms with Crippen LogP contribution in [0.15, 0.2) is 28.9 Å². The standard InChI is InChI=1S/C12H12BrClN2OS/c1-2-17-11-4-3-8(6-16-11)15-7-9-5-10(13)12(14)18-9/h3-6,15H,2,7H2,1H3. The molecule has 6 heteroatoms. The van der Waals surface area contributed by atoms with E-state index in [-0.39, 0.29) is 0 Å². The van der Waals surface area contributed by atoms with Crippen LogP contribution in [0.1, 0.15) is 11.8 Å². The first-order valence-corrected chi connectivity index (χ1v) is 7.44. The number of aromatic nitrogens is 1. The maximum atomic E-state index is 5.98. The van der Waals surface area contributed by atoms with Gasteiger partial charge in [-0.2, -0.15) is 0 Å². The van der Waals surface area contributed by atoms with Crippen LogP contribution in [-0.2, 0) is 6.54 Å². The summed E-state index contributed by atoms with van der Waals surface area (Å²) in [7, 11) is 0.